The summed E-state index contributed by atoms with van der Waals surface area (Å²) in [5.41, 5.74) is 3.82. The van der Waals surface area contributed by atoms with Gasteiger partial charge in [-0.25, -0.2) is 9.79 Å². The zero-order valence-electron chi connectivity index (χ0n) is 25.3. The Morgan fingerprint density at radius 2 is 1.76 bits per heavy atom. The highest BCUT2D eigenvalue weighted by atomic mass is 32.2. The number of esters is 1. The molecule has 10 heteroatoms. The van der Waals surface area contributed by atoms with Crippen LogP contribution in [0.25, 0.3) is 17.0 Å². The van der Waals surface area contributed by atoms with E-state index in [2.05, 4.69) is 5.32 Å². The van der Waals surface area contributed by atoms with E-state index in [1.165, 1.54) is 11.3 Å². The number of hydrogen-bond donors (Lipinski definition) is 1. The summed E-state index contributed by atoms with van der Waals surface area (Å²) >= 11 is 2.90. The highest BCUT2D eigenvalue weighted by molar-refractivity contribution is 7.98. The number of benzene rings is 3. The lowest BCUT2D eigenvalue weighted by Crippen LogP contribution is -2.40. The van der Waals surface area contributed by atoms with E-state index < -0.39 is 12.0 Å². The number of rotatable bonds is 8. The molecule has 0 saturated heterocycles. The van der Waals surface area contributed by atoms with E-state index in [-0.39, 0.29) is 24.1 Å². The number of aromatic nitrogens is 2. The molecule has 45 heavy (non-hydrogen) atoms. The first-order chi connectivity index (χ1) is 21.7. The lowest BCUT2D eigenvalue weighted by molar-refractivity contribution is -0.143. The second kappa shape index (κ2) is 12.7. The fourth-order valence-electron chi connectivity index (χ4n) is 5.50. The van der Waals surface area contributed by atoms with Crippen molar-refractivity contribution in [1.29, 1.82) is 0 Å². The molecule has 0 unspecified atom stereocenters. The molecule has 228 valence electrons. The molecule has 0 radical (unpaired) electrons. The molecule has 0 fully saturated rings. The number of carbonyl (C=O) groups is 2. The topological polar surface area (TPSA) is 94.7 Å². The van der Waals surface area contributed by atoms with Crippen molar-refractivity contribution in [2.24, 2.45) is 4.99 Å². The van der Waals surface area contributed by atoms with Gasteiger partial charge < -0.3 is 14.6 Å². The van der Waals surface area contributed by atoms with Gasteiger partial charge in [0.15, 0.2) is 4.80 Å². The summed E-state index contributed by atoms with van der Waals surface area (Å²) < 4.78 is 9.58. The van der Waals surface area contributed by atoms with E-state index in [0.29, 0.717) is 20.6 Å². The van der Waals surface area contributed by atoms with Gasteiger partial charge in [-0.15, -0.1) is 11.8 Å². The molecule has 6 rings (SSSR count). The number of para-hydroxylation sites is 2. The quantitative estimate of drug-likeness (QED) is 0.179. The number of nitrogens with zero attached hydrogens (tertiary/aromatic N) is 3. The second-order valence-corrected chi connectivity index (χ2v) is 12.8. The SMILES string of the molecule is CSc1ccc([C@@H]2C(C(=O)OC(C)C)=C(C)N=c3s/c(=C\c4cn(CC(=O)Nc5ccccc5)c5ccccc45)c(=O)n32)cc1. The van der Waals surface area contributed by atoms with Crippen LogP contribution < -0.4 is 20.2 Å². The standard InChI is InChI=1S/C35H32N4O4S2/c1-21(2)43-34(42)31-22(3)36-35-39(32(31)23-14-16-26(44-4)17-15-23)33(41)29(45-35)18-24-19-38(28-13-9-8-12-27(24)28)20-30(40)37-25-10-6-5-7-11-25/h5-19,21,32H,20H2,1-4H3,(H,37,40)/b29-18-/t32-/m1/s1. The normalized spacial score (nSPS) is 14.9. The van der Waals surface area contributed by atoms with Crippen molar-refractivity contribution in [3.05, 3.63) is 127 Å². The summed E-state index contributed by atoms with van der Waals surface area (Å²) in [7, 11) is 0. The van der Waals surface area contributed by atoms with Crippen molar-refractivity contribution >= 4 is 57.6 Å². The Kier molecular flexibility index (Phi) is 8.60. The molecular weight excluding hydrogens is 605 g/mol. The lowest BCUT2D eigenvalue weighted by atomic mass is 9.96. The molecule has 8 nitrogen and oxygen atoms in total. The summed E-state index contributed by atoms with van der Waals surface area (Å²) in [5, 5.41) is 3.85. The smallest absolute Gasteiger partial charge is 0.338 e. The van der Waals surface area contributed by atoms with Crippen LogP contribution in [0.15, 0.2) is 111 Å². The van der Waals surface area contributed by atoms with E-state index in [9.17, 15) is 14.4 Å². The Bertz CT molecular complexity index is 2120. The number of nitrogens with one attached hydrogen (secondary N) is 1. The number of hydrogen-bond acceptors (Lipinski definition) is 7. The van der Waals surface area contributed by atoms with E-state index in [1.807, 2.05) is 102 Å². The van der Waals surface area contributed by atoms with Gasteiger partial charge in [0.2, 0.25) is 5.91 Å². The summed E-state index contributed by atoms with van der Waals surface area (Å²) in [5.74, 6) is -0.645. The molecule has 1 atom stereocenters. The van der Waals surface area contributed by atoms with Crippen molar-refractivity contribution in [3.8, 4) is 0 Å². The zero-order chi connectivity index (χ0) is 31.7. The minimum atomic E-state index is -0.686. The van der Waals surface area contributed by atoms with Gasteiger partial charge in [0.05, 0.1) is 27.9 Å². The summed E-state index contributed by atoms with van der Waals surface area (Å²) in [6, 6.07) is 24.3. The van der Waals surface area contributed by atoms with Gasteiger partial charge in [-0.1, -0.05) is 59.9 Å². The van der Waals surface area contributed by atoms with Gasteiger partial charge in [-0.2, -0.15) is 0 Å². The number of amides is 1. The van der Waals surface area contributed by atoms with Crippen LogP contribution in [-0.2, 0) is 20.9 Å². The first-order valence-corrected chi connectivity index (χ1v) is 16.6. The third kappa shape index (κ3) is 6.16. The van der Waals surface area contributed by atoms with Crippen molar-refractivity contribution in [2.75, 3.05) is 11.6 Å². The average molecular weight is 637 g/mol. The third-order valence-electron chi connectivity index (χ3n) is 7.49. The monoisotopic (exact) mass is 636 g/mol. The molecule has 3 aromatic carbocycles. The average Bonchev–Trinajstić information content (AvgIpc) is 3.52. The van der Waals surface area contributed by atoms with Gasteiger partial charge in [0, 0.05) is 33.2 Å². The molecule has 2 aromatic heterocycles. The number of anilines is 1. The summed E-state index contributed by atoms with van der Waals surface area (Å²) in [6.45, 7) is 5.49. The van der Waals surface area contributed by atoms with Crippen molar-refractivity contribution in [2.45, 2.75) is 44.4 Å². The number of fused-ring (bicyclic) bond motifs is 2. The van der Waals surface area contributed by atoms with E-state index in [0.717, 1.165) is 32.6 Å². The summed E-state index contributed by atoms with van der Waals surface area (Å²) in [4.78, 5) is 46.8. The number of allylic oxidation sites excluding steroid dienone is 1. The van der Waals surface area contributed by atoms with Crippen molar-refractivity contribution in [1.82, 2.24) is 9.13 Å². The van der Waals surface area contributed by atoms with Crippen LogP contribution in [0.1, 0.15) is 37.9 Å². The van der Waals surface area contributed by atoms with Crippen LogP contribution in [-0.4, -0.2) is 33.4 Å². The van der Waals surface area contributed by atoms with Gasteiger partial charge in [0.25, 0.3) is 5.56 Å². The molecule has 1 aliphatic rings. The molecule has 0 saturated carbocycles. The minimum Gasteiger partial charge on any atom is -0.459 e. The minimum absolute atomic E-state index is 0.108. The highest BCUT2D eigenvalue weighted by Gasteiger charge is 2.33. The molecule has 0 aliphatic carbocycles. The molecule has 5 aromatic rings. The Morgan fingerprint density at radius 1 is 1.04 bits per heavy atom. The maximum absolute atomic E-state index is 14.2. The van der Waals surface area contributed by atoms with E-state index in [4.69, 9.17) is 9.73 Å². The van der Waals surface area contributed by atoms with Gasteiger partial charge in [0.1, 0.15) is 6.54 Å². The number of carbonyl (C=O) groups excluding carboxylic acids is 2. The second-order valence-electron chi connectivity index (χ2n) is 11.0. The van der Waals surface area contributed by atoms with Crippen LogP contribution in [0.2, 0.25) is 0 Å². The molecule has 0 bridgehead atoms. The fourth-order valence-corrected chi connectivity index (χ4v) is 6.95. The van der Waals surface area contributed by atoms with Crippen LogP contribution in [0, 0.1) is 0 Å². The van der Waals surface area contributed by atoms with Gasteiger partial charge >= 0.3 is 5.97 Å². The Labute approximate surface area is 268 Å². The Morgan fingerprint density at radius 3 is 2.47 bits per heavy atom. The number of thiazole rings is 1. The van der Waals surface area contributed by atoms with Crippen LogP contribution in [0.4, 0.5) is 5.69 Å². The van der Waals surface area contributed by atoms with Crippen LogP contribution in [0.5, 0.6) is 0 Å². The predicted octanol–water partition coefficient (Wildman–Crippen LogP) is 5.50. The largest absolute Gasteiger partial charge is 0.459 e. The third-order valence-corrected chi connectivity index (χ3v) is 9.22. The first-order valence-electron chi connectivity index (χ1n) is 14.5. The van der Waals surface area contributed by atoms with Crippen molar-refractivity contribution in [3.63, 3.8) is 0 Å². The zero-order valence-corrected chi connectivity index (χ0v) is 26.9. The fraction of sp³-hybridized carbons (Fsp3) is 0.200. The van der Waals surface area contributed by atoms with E-state index >= 15 is 0 Å². The molecule has 1 aliphatic heterocycles. The molecular formula is C35H32N4O4S2. The van der Waals surface area contributed by atoms with Crippen LogP contribution in [0.3, 0.4) is 0 Å². The Hall–Kier alpha value is -4.67. The number of thioether (sulfide) groups is 1. The van der Waals surface area contributed by atoms with Gasteiger partial charge in [-0.3, -0.25) is 14.2 Å². The van der Waals surface area contributed by atoms with Crippen LogP contribution >= 0.6 is 23.1 Å². The molecule has 0 spiro atoms. The molecule has 1 amide bonds. The molecule has 1 N–H and O–H groups in total. The first kappa shape index (κ1) is 30.4. The predicted molar refractivity (Wildman–Crippen MR) is 180 cm³/mol. The highest BCUT2D eigenvalue weighted by Crippen LogP contribution is 2.32. The van der Waals surface area contributed by atoms with E-state index in [1.54, 1.807) is 37.1 Å². The molecule has 3 heterocycles. The number of ether oxygens (including phenoxy) is 1. The maximum atomic E-state index is 14.2. The van der Waals surface area contributed by atoms with Gasteiger partial charge in [-0.05, 0) is 69.0 Å². The summed E-state index contributed by atoms with van der Waals surface area (Å²) in [6.07, 6.45) is 5.41. The maximum Gasteiger partial charge on any atom is 0.338 e. The Balaban J connectivity index is 1.44. The lowest BCUT2D eigenvalue weighted by Gasteiger charge is -2.25. The van der Waals surface area contributed by atoms with Crippen molar-refractivity contribution < 1.29 is 14.3 Å².